The minimum Gasteiger partial charge on any atom is -0.363 e. The lowest BCUT2D eigenvalue weighted by Gasteiger charge is -2.23. The van der Waals surface area contributed by atoms with Crippen LogP contribution in [0.4, 0.5) is 5.82 Å². The van der Waals surface area contributed by atoms with E-state index in [1.807, 2.05) is 11.3 Å². The third-order valence-electron chi connectivity index (χ3n) is 5.96. The van der Waals surface area contributed by atoms with Crippen molar-refractivity contribution in [1.29, 1.82) is 0 Å². The summed E-state index contributed by atoms with van der Waals surface area (Å²) in [5.74, 6) is 1.01. The molecule has 28 heavy (non-hydrogen) atoms. The monoisotopic (exact) mass is 395 g/mol. The largest absolute Gasteiger partial charge is 0.363 e. The molecule has 148 valence electrons. The molecule has 0 radical (unpaired) electrons. The molecular formula is C23H31N4S+. The van der Waals surface area contributed by atoms with Crippen molar-refractivity contribution in [2.45, 2.75) is 51.5 Å². The number of aromatic nitrogens is 2. The average molecular weight is 396 g/mol. The van der Waals surface area contributed by atoms with E-state index < -0.39 is 0 Å². The number of fused-ring (bicyclic) bond motifs is 3. The molecule has 0 saturated heterocycles. The average Bonchev–Trinajstić information content (AvgIpc) is 2.90. The van der Waals surface area contributed by atoms with Gasteiger partial charge >= 0.3 is 0 Å². The summed E-state index contributed by atoms with van der Waals surface area (Å²) in [4.78, 5) is 13.3. The second-order valence-electron chi connectivity index (χ2n) is 8.07. The van der Waals surface area contributed by atoms with Gasteiger partial charge in [-0.3, -0.25) is 0 Å². The lowest BCUT2D eigenvalue weighted by atomic mass is 10.0. The summed E-state index contributed by atoms with van der Waals surface area (Å²) in [5, 5.41) is 4.96. The Labute approximate surface area is 172 Å². The molecule has 4 nitrogen and oxygen atoms in total. The fourth-order valence-electron chi connectivity index (χ4n) is 4.24. The SMILES string of the molecule is CCc1ccc([C@H](CNc2ncnc3sc4c(c23)CCCCC4)[NH+](C)C)cc1. The van der Waals surface area contributed by atoms with Crippen molar-refractivity contribution in [1.82, 2.24) is 9.97 Å². The van der Waals surface area contributed by atoms with E-state index in [-0.39, 0.29) is 0 Å². The highest BCUT2D eigenvalue weighted by Gasteiger charge is 2.21. The zero-order chi connectivity index (χ0) is 19.5. The van der Waals surface area contributed by atoms with Crippen LogP contribution < -0.4 is 10.2 Å². The van der Waals surface area contributed by atoms with Crippen LogP contribution in [0.3, 0.4) is 0 Å². The van der Waals surface area contributed by atoms with E-state index in [2.05, 4.69) is 60.6 Å². The first-order chi connectivity index (χ1) is 13.7. The molecule has 0 bridgehead atoms. The molecule has 2 aromatic heterocycles. The van der Waals surface area contributed by atoms with E-state index in [1.54, 1.807) is 6.33 Å². The predicted molar refractivity (Wildman–Crippen MR) is 119 cm³/mol. The van der Waals surface area contributed by atoms with Crippen LogP contribution in [0.2, 0.25) is 0 Å². The highest BCUT2D eigenvalue weighted by Crippen LogP contribution is 2.37. The first-order valence-corrected chi connectivity index (χ1v) is 11.4. The fourth-order valence-corrected chi connectivity index (χ4v) is 5.47. The molecule has 0 aliphatic heterocycles. The van der Waals surface area contributed by atoms with Gasteiger partial charge in [0.25, 0.3) is 0 Å². The maximum atomic E-state index is 4.65. The van der Waals surface area contributed by atoms with E-state index in [4.69, 9.17) is 0 Å². The minimum atomic E-state index is 0.383. The van der Waals surface area contributed by atoms with Gasteiger partial charge in [0.2, 0.25) is 0 Å². The fraction of sp³-hybridized carbons (Fsp3) is 0.478. The number of hydrogen-bond donors (Lipinski definition) is 2. The minimum absolute atomic E-state index is 0.383. The van der Waals surface area contributed by atoms with Crippen LogP contribution in [-0.2, 0) is 19.3 Å². The number of hydrogen-bond acceptors (Lipinski definition) is 4. The van der Waals surface area contributed by atoms with E-state index in [0.29, 0.717) is 6.04 Å². The molecule has 5 heteroatoms. The maximum absolute atomic E-state index is 4.65. The van der Waals surface area contributed by atoms with Gasteiger partial charge in [0.15, 0.2) is 0 Å². The van der Waals surface area contributed by atoms with Crippen LogP contribution in [0.1, 0.15) is 53.8 Å². The number of thiophene rings is 1. The molecule has 3 aromatic rings. The number of anilines is 1. The van der Waals surface area contributed by atoms with Crippen LogP contribution in [-0.4, -0.2) is 30.6 Å². The Balaban J connectivity index is 1.60. The number of benzene rings is 1. The summed E-state index contributed by atoms with van der Waals surface area (Å²) >= 11 is 1.87. The van der Waals surface area contributed by atoms with Crippen molar-refractivity contribution < 1.29 is 4.90 Å². The summed E-state index contributed by atoms with van der Waals surface area (Å²) in [6, 6.07) is 9.46. The Morgan fingerprint density at radius 2 is 1.86 bits per heavy atom. The molecule has 0 saturated carbocycles. The zero-order valence-corrected chi connectivity index (χ0v) is 18.0. The second kappa shape index (κ2) is 8.58. The zero-order valence-electron chi connectivity index (χ0n) is 17.2. The lowest BCUT2D eigenvalue weighted by molar-refractivity contribution is -0.890. The van der Waals surface area contributed by atoms with Crippen LogP contribution in [0.15, 0.2) is 30.6 Å². The lowest BCUT2D eigenvalue weighted by Crippen LogP contribution is -3.06. The smallest absolute Gasteiger partial charge is 0.138 e. The van der Waals surface area contributed by atoms with Crippen molar-refractivity contribution in [3.8, 4) is 0 Å². The number of rotatable bonds is 6. The van der Waals surface area contributed by atoms with Gasteiger partial charge in [-0.25, -0.2) is 9.97 Å². The Kier molecular flexibility index (Phi) is 5.93. The van der Waals surface area contributed by atoms with E-state index in [0.717, 1.165) is 30.0 Å². The number of nitrogens with one attached hydrogen (secondary N) is 2. The molecule has 0 amide bonds. The molecule has 0 fully saturated rings. The standard InChI is InChI=1S/C23H30N4S/c1-4-16-10-12-17(13-11-16)19(27(2)3)14-24-22-21-18-8-6-5-7-9-20(18)28-23(21)26-15-25-22/h10-13,15,19H,4-9,14H2,1-3H3,(H,24,25,26)/p+1/t19-/m0/s1. The summed E-state index contributed by atoms with van der Waals surface area (Å²) in [6.45, 7) is 3.07. The van der Waals surface area contributed by atoms with Gasteiger partial charge in [0.05, 0.1) is 26.0 Å². The summed E-state index contributed by atoms with van der Waals surface area (Å²) < 4.78 is 0. The number of nitrogens with zero attached hydrogens (tertiary/aromatic N) is 2. The van der Waals surface area contributed by atoms with Gasteiger partial charge in [-0.15, -0.1) is 11.3 Å². The van der Waals surface area contributed by atoms with Crippen LogP contribution in [0, 0.1) is 0 Å². The van der Waals surface area contributed by atoms with Crippen LogP contribution >= 0.6 is 11.3 Å². The van der Waals surface area contributed by atoms with Gasteiger partial charge < -0.3 is 10.2 Å². The van der Waals surface area contributed by atoms with Crippen molar-refractivity contribution in [3.05, 3.63) is 52.2 Å². The van der Waals surface area contributed by atoms with E-state index >= 15 is 0 Å². The molecule has 4 rings (SSSR count). The molecule has 0 spiro atoms. The highest BCUT2D eigenvalue weighted by atomic mass is 32.1. The molecule has 2 heterocycles. The number of likely N-dealkylation sites (N-methyl/N-ethyl adjacent to an activating group) is 1. The Morgan fingerprint density at radius 3 is 2.61 bits per heavy atom. The third kappa shape index (κ3) is 3.91. The Hall–Kier alpha value is -1.98. The first kappa shape index (κ1) is 19.3. The molecule has 1 aliphatic rings. The summed E-state index contributed by atoms with van der Waals surface area (Å²) in [6.07, 6.45) is 9.08. The van der Waals surface area contributed by atoms with E-state index in [1.165, 1.54) is 57.5 Å². The summed E-state index contributed by atoms with van der Waals surface area (Å²) in [7, 11) is 4.46. The summed E-state index contributed by atoms with van der Waals surface area (Å²) in [5.41, 5.74) is 4.27. The van der Waals surface area contributed by atoms with Crippen molar-refractivity contribution in [3.63, 3.8) is 0 Å². The van der Waals surface area contributed by atoms with Gasteiger partial charge in [0, 0.05) is 10.4 Å². The van der Waals surface area contributed by atoms with Gasteiger partial charge in [-0.2, -0.15) is 0 Å². The van der Waals surface area contributed by atoms with Crippen molar-refractivity contribution >= 4 is 27.4 Å². The van der Waals surface area contributed by atoms with Gasteiger partial charge in [0.1, 0.15) is 23.0 Å². The van der Waals surface area contributed by atoms with Crippen LogP contribution in [0.25, 0.3) is 10.2 Å². The van der Waals surface area contributed by atoms with E-state index in [9.17, 15) is 0 Å². The quantitative estimate of drug-likeness (QED) is 0.624. The van der Waals surface area contributed by atoms with Crippen molar-refractivity contribution in [2.24, 2.45) is 0 Å². The van der Waals surface area contributed by atoms with Gasteiger partial charge in [-0.05, 0) is 43.2 Å². The van der Waals surface area contributed by atoms with Gasteiger partial charge in [-0.1, -0.05) is 37.6 Å². The molecule has 0 unspecified atom stereocenters. The van der Waals surface area contributed by atoms with Crippen LogP contribution in [0.5, 0.6) is 0 Å². The third-order valence-corrected chi connectivity index (χ3v) is 7.16. The molecule has 1 atom stereocenters. The first-order valence-electron chi connectivity index (χ1n) is 10.6. The topological polar surface area (TPSA) is 42.2 Å². The molecule has 1 aromatic carbocycles. The number of quaternary nitrogens is 1. The highest BCUT2D eigenvalue weighted by molar-refractivity contribution is 7.18. The second-order valence-corrected chi connectivity index (χ2v) is 9.16. The molecule has 1 aliphatic carbocycles. The molecule has 2 N–H and O–H groups in total. The Morgan fingerprint density at radius 1 is 1.07 bits per heavy atom. The normalized spacial score (nSPS) is 15.4. The van der Waals surface area contributed by atoms with Crippen molar-refractivity contribution in [2.75, 3.05) is 26.0 Å². The predicted octanol–water partition coefficient (Wildman–Crippen LogP) is 3.82. The maximum Gasteiger partial charge on any atom is 0.138 e. The molecular weight excluding hydrogens is 364 g/mol. The Bertz CT molecular complexity index is 930. The number of aryl methyl sites for hydroxylation is 3.